The summed E-state index contributed by atoms with van der Waals surface area (Å²) in [7, 11) is 0. The van der Waals surface area contributed by atoms with E-state index in [-0.39, 0.29) is 0 Å². The Balaban J connectivity index is 2.06. The average molecular weight is 368 g/mol. The number of aryl methyl sites for hydroxylation is 1. The number of carbonyl (C=O) groups is 2. The first-order valence-electron chi connectivity index (χ1n) is 6.10. The molecule has 0 radical (unpaired) electrons. The Bertz CT molecular complexity index is 704. The fraction of sp³-hybridized carbons (Fsp3) is 0.0667. The van der Waals surface area contributed by atoms with Crippen molar-refractivity contribution < 1.29 is 9.59 Å². The van der Waals surface area contributed by atoms with E-state index in [9.17, 15) is 9.59 Å². The van der Waals surface area contributed by atoms with Crippen molar-refractivity contribution in [1.82, 2.24) is 0 Å². The van der Waals surface area contributed by atoms with E-state index in [0.717, 1.165) is 5.56 Å². The van der Waals surface area contributed by atoms with Crippen LogP contribution in [-0.4, -0.2) is 11.8 Å². The molecular formula is C15H12BrClN2O2. The van der Waals surface area contributed by atoms with Gasteiger partial charge in [0.25, 0.3) is 0 Å². The second-order valence-corrected chi connectivity index (χ2v) is 5.63. The summed E-state index contributed by atoms with van der Waals surface area (Å²) in [6, 6.07) is 12.1. The fourth-order valence-corrected chi connectivity index (χ4v) is 2.42. The van der Waals surface area contributed by atoms with Crippen LogP contribution in [0.15, 0.2) is 46.9 Å². The average Bonchev–Trinajstić information content (AvgIpc) is 2.44. The zero-order chi connectivity index (χ0) is 15.4. The quantitative estimate of drug-likeness (QED) is 0.789. The summed E-state index contributed by atoms with van der Waals surface area (Å²) in [5, 5.41) is 5.37. The first-order valence-corrected chi connectivity index (χ1v) is 7.27. The van der Waals surface area contributed by atoms with Gasteiger partial charge < -0.3 is 10.6 Å². The Hall–Kier alpha value is -1.85. The number of para-hydroxylation sites is 1. The molecule has 0 fully saturated rings. The summed E-state index contributed by atoms with van der Waals surface area (Å²) in [5.74, 6) is -1.55. The highest BCUT2D eigenvalue weighted by Crippen LogP contribution is 2.24. The maximum absolute atomic E-state index is 11.9. The number of hydrogen-bond donors (Lipinski definition) is 2. The molecule has 0 saturated carbocycles. The van der Waals surface area contributed by atoms with Crippen LogP contribution in [0.3, 0.4) is 0 Å². The highest BCUT2D eigenvalue weighted by Gasteiger charge is 2.16. The van der Waals surface area contributed by atoms with Crippen LogP contribution >= 0.6 is 27.5 Å². The summed E-state index contributed by atoms with van der Waals surface area (Å²) >= 11 is 9.26. The second kappa shape index (κ2) is 6.74. The summed E-state index contributed by atoms with van der Waals surface area (Å²) in [6.07, 6.45) is 0. The van der Waals surface area contributed by atoms with Crippen LogP contribution in [0.5, 0.6) is 0 Å². The molecule has 0 spiro atoms. The minimum atomic E-state index is -0.782. The molecule has 2 amide bonds. The monoisotopic (exact) mass is 366 g/mol. The molecule has 0 aliphatic rings. The number of benzene rings is 2. The Morgan fingerprint density at radius 3 is 2.24 bits per heavy atom. The summed E-state index contributed by atoms with van der Waals surface area (Å²) in [5.41, 5.74) is 1.96. The summed E-state index contributed by atoms with van der Waals surface area (Å²) in [6.45, 7) is 1.93. The largest absolute Gasteiger partial charge is 0.317 e. The highest BCUT2D eigenvalue weighted by atomic mass is 79.9. The van der Waals surface area contributed by atoms with E-state index in [2.05, 4.69) is 26.6 Å². The molecule has 0 aliphatic carbocycles. The van der Waals surface area contributed by atoms with Gasteiger partial charge in [-0.3, -0.25) is 9.59 Å². The molecule has 0 atom stereocenters. The molecule has 0 unspecified atom stereocenters. The van der Waals surface area contributed by atoms with Gasteiger partial charge in [-0.1, -0.05) is 29.8 Å². The zero-order valence-electron chi connectivity index (χ0n) is 11.1. The van der Waals surface area contributed by atoms with Crippen molar-refractivity contribution in [2.45, 2.75) is 6.92 Å². The Kier molecular flexibility index (Phi) is 4.98. The van der Waals surface area contributed by atoms with Crippen LogP contribution in [0, 0.1) is 6.92 Å². The van der Waals surface area contributed by atoms with E-state index >= 15 is 0 Å². The van der Waals surface area contributed by atoms with Gasteiger partial charge >= 0.3 is 11.8 Å². The third-order valence-electron chi connectivity index (χ3n) is 2.70. The number of carbonyl (C=O) groups excluding carboxylic acids is 2. The second-order valence-electron chi connectivity index (χ2n) is 4.37. The van der Waals surface area contributed by atoms with Crippen LogP contribution in [0.2, 0.25) is 5.02 Å². The maximum Gasteiger partial charge on any atom is 0.314 e. The predicted octanol–water partition coefficient (Wildman–Crippen LogP) is 3.99. The Morgan fingerprint density at radius 1 is 1.00 bits per heavy atom. The molecule has 0 saturated heterocycles. The van der Waals surface area contributed by atoms with E-state index < -0.39 is 11.8 Å². The lowest BCUT2D eigenvalue weighted by Crippen LogP contribution is -2.29. The van der Waals surface area contributed by atoms with Crippen molar-refractivity contribution in [3.63, 3.8) is 0 Å². The zero-order valence-corrected chi connectivity index (χ0v) is 13.5. The molecule has 4 nitrogen and oxygen atoms in total. The molecule has 2 rings (SSSR count). The molecule has 21 heavy (non-hydrogen) atoms. The molecule has 0 heterocycles. The first-order chi connectivity index (χ1) is 9.97. The predicted molar refractivity (Wildman–Crippen MR) is 87.6 cm³/mol. The standard InChI is InChI=1S/C15H12BrClN2O2/c1-9-6-7-12(10(16)8-9)18-14(20)15(21)19-13-5-3-2-4-11(13)17/h2-8H,1H3,(H,18,20)(H,19,21). The van der Waals surface area contributed by atoms with Crippen LogP contribution in [0.4, 0.5) is 11.4 Å². The van der Waals surface area contributed by atoms with Crippen molar-refractivity contribution >= 4 is 50.7 Å². The Labute approximate surface area is 135 Å². The van der Waals surface area contributed by atoms with Gasteiger partial charge in [0, 0.05) is 4.47 Å². The van der Waals surface area contributed by atoms with E-state index in [1.165, 1.54) is 0 Å². The Morgan fingerprint density at radius 2 is 1.62 bits per heavy atom. The summed E-state index contributed by atoms with van der Waals surface area (Å²) in [4.78, 5) is 23.7. The van der Waals surface area contributed by atoms with E-state index in [0.29, 0.717) is 20.9 Å². The van der Waals surface area contributed by atoms with Gasteiger partial charge in [0.15, 0.2) is 0 Å². The SMILES string of the molecule is Cc1ccc(NC(=O)C(=O)Nc2ccccc2Cl)c(Br)c1. The molecule has 2 aromatic rings. The van der Waals surface area contributed by atoms with Crippen LogP contribution < -0.4 is 10.6 Å². The highest BCUT2D eigenvalue weighted by molar-refractivity contribution is 9.10. The molecule has 108 valence electrons. The molecule has 2 N–H and O–H groups in total. The number of nitrogens with one attached hydrogen (secondary N) is 2. The molecule has 6 heteroatoms. The van der Waals surface area contributed by atoms with Crippen molar-refractivity contribution in [1.29, 1.82) is 0 Å². The van der Waals surface area contributed by atoms with E-state index in [1.54, 1.807) is 30.3 Å². The van der Waals surface area contributed by atoms with E-state index in [1.807, 2.05) is 19.1 Å². The minimum absolute atomic E-state index is 0.371. The fourth-order valence-electron chi connectivity index (χ4n) is 1.64. The maximum atomic E-state index is 11.9. The number of rotatable bonds is 2. The lowest BCUT2D eigenvalue weighted by atomic mass is 10.2. The van der Waals surface area contributed by atoms with Gasteiger partial charge in [-0.25, -0.2) is 0 Å². The molecule has 2 aromatic carbocycles. The topological polar surface area (TPSA) is 58.2 Å². The van der Waals surface area contributed by atoms with Crippen molar-refractivity contribution in [2.75, 3.05) is 10.6 Å². The minimum Gasteiger partial charge on any atom is -0.317 e. The van der Waals surface area contributed by atoms with Crippen LogP contribution in [0.25, 0.3) is 0 Å². The van der Waals surface area contributed by atoms with E-state index in [4.69, 9.17) is 11.6 Å². The molecule has 0 bridgehead atoms. The van der Waals surface area contributed by atoms with Gasteiger partial charge in [0.1, 0.15) is 0 Å². The molecular weight excluding hydrogens is 356 g/mol. The summed E-state index contributed by atoms with van der Waals surface area (Å²) < 4.78 is 0.710. The number of amides is 2. The van der Waals surface area contributed by atoms with Crippen LogP contribution in [0.1, 0.15) is 5.56 Å². The number of halogens is 2. The van der Waals surface area contributed by atoms with Crippen molar-refractivity contribution in [3.8, 4) is 0 Å². The number of anilines is 2. The number of hydrogen-bond acceptors (Lipinski definition) is 2. The smallest absolute Gasteiger partial charge is 0.314 e. The van der Waals surface area contributed by atoms with Gasteiger partial charge in [-0.2, -0.15) is 0 Å². The van der Waals surface area contributed by atoms with Gasteiger partial charge in [-0.15, -0.1) is 0 Å². The van der Waals surface area contributed by atoms with Gasteiger partial charge in [-0.05, 0) is 52.7 Å². The molecule has 0 aliphatic heterocycles. The third kappa shape index (κ3) is 4.06. The van der Waals surface area contributed by atoms with Crippen molar-refractivity contribution in [2.24, 2.45) is 0 Å². The van der Waals surface area contributed by atoms with Crippen LogP contribution in [-0.2, 0) is 9.59 Å². The third-order valence-corrected chi connectivity index (χ3v) is 3.69. The normalized spacial score (nSPS) is 10.0. The lowest BCUT2D eigenvalue weighted by Gasteiger charge is -2.09. The van der Waals surface area contributed by atoms with Gasteiger partial charge in [0.2, 0.25) is 0 Å². The molecule has 0 aromatic heterocycles. The first kappa shape index (κ1) is 15.5. The van der Waals surface area contributed by atoms with Gasteiger partial charge in [0.05, 0.1) is 16.4 Å². The lowest BCUT2D eigenvalue weighted by molar-refractivity contribution is -0.133. The van der Waals surface area contributed by atoms with Crippen molar-refractivity contribution in [3.05, 3.63) is 57.5 Å².